The molecule has 2 aliphatic rings. The van der Waals surface area contributed by atoms with Crippen molar-refractivity contribution in [2.75, 3.05) is 5.43 Å². The molecule has 0 aromatic heterocycles. The fourth-order valence-corrected chi connectivity index (χ4v) is 3.56. The Morgan fingerprint density at radius 3 is 2.22 bits per heavy atom. The number of hydrogen-bond acceptors (Lipinski definition) is 4. The van der Waals surface area contributed by atoms with E-state index in [9.17, 15) is 9.59 Å². The molecule has 2 amide bonds. The Morgan fingerprint density at radius 1 is 1.04 bits per heavy atom. The second kappa shape index (κ2) is 8.45. The molecule has 5 nitrogen and oxygen atoms in total. The van der Waals surface area contributed by atoms with E-state index in [1.54, 1.807) is 24.3 Å². The molecule has 0 spiro atoms. The minimum atomic E-state index is -0.163. The van der Waals surface area contributed by atoms with Gasteiger partial charge in [-0.1, -0.05) is 24.7 Å². The van der Waals surface area contributed by atoms with Crippen LogP contribution in [0.3, 0.4) is 0 Å². The molecule has 1 radical (unpaired) electrons. The van der Waals surface area contributed by atoms with E-state index < -0.39 is 0 Å². The zero-order valence-electron chi connectivity index (χ0n) is 15.2. The summed E-state index contributed by atoms with van der Waals surface area (Å²) in [5.41, 5.74) is 7.18. The molecule has 4 rings (SSSR count). The molecule has 1 saturated carbocycles. The molecular formula is C21H20N3O2Y-. The first-order chi connectivity index (χ1) is 12.6. The summed E-state index contributed by atoms with van der Waals surface area (Å²) < 4.78 is 0. The number of nitrogens with zero attached hydrogens (tertiary/aromatic N) is 2. The molecule has 135 valence electrons. The number of benzene rings is 2. The fourth-order valence-electron chi connectivity index (χ4n) is 3.56. The number of imide groups is 1. The summed E-state index contributed by atoms with van der Waals surface area (Å²) in [5.74, 6) is -0.325. The molecule has 0 bridgehead atoms. The predicted octanol–water partition coefficient (Wildman–Crippen LogP) is 3.80. The van der Waals surface area contributed by atoms with Gasteiger partial charge in [0, 0.05) is 44.5 Å². The van der Waals surface area contributed by atoms with E-state index in [1.807, 2.05) is 25.1 Å². The first kappa shape index (κ1) is 19.9. The summed E-state index contributed by atoms with van der Waals surface area (Å²) in [6, 6.07) is 16.0. The Morgan fingerprint density at radius 2 is 1.67 bits per heavy atom. The average molecular weight is 435 g/mol. The number of fused-ring (bicyclic) bond motifs is 1. The maximum atomic E-state index is 12.6. The third-order valence-electron chi connectivity index (χ3n) is 5.03. The molecule has 0 atom stereocenters. The summed E-state index contributed by atoms with van der Waals surface area (Å²) in [6.45, 7) is 2.00. The molecule has 1 fully saturated rings. The van der Waals surface area contributed by atoms with Gasteiger partial charge >= 0.3 is 0 Å². The van der Waals surface area contributed by atoms with Crippen LogP contribution in [0.1, 0.15) is 52.0 Å². The smallest absolute Gasteiger partial charge is 0.261 e. The number of amides is 2. The van der Waals surface area contributed by atoms with E-state index in [4.69, 9.17) is 0 Å². The molecule has 0 unspecified atom stereocenters. The first-order valence-corrected chi connectivity index (χ1v) is 8.90. The van der Waals surface area contributed by atoms with Crippen molar-refractivity contribution in [3.05, 3.63) is 65.2 Å². The van der Waals surface area contributed by atoms with Gasteiger partial charge in [-0.2, -0.15) is 28.9 Å². The van der Waals surface area contributed by atoms with Gasteiger partial charge in [0.15, 0.2) is 0 Å². The van der Waals surface area contributed by atoms with E-state index in [0.717, 1.165) is 42.6 Å². The van der Waals surface area contributed by atoms with Gasteiger partial charge in [0.2, 0.25) is 0 Å². The Bertz CT molecular complexity index is 848. The average Bonchev–Trinajstić information content (AvgIpc) is 2.93. The largest absolute Gasteiger partial charge is 0.332 e. The number of nitrogens with one attached hydrogen (secondary N) is 1. The minimum Gasteiger partial charge on any atom is -0.332 e. The van der Waals surface area contributed by atoms with Crippen LogP contribution in [0.2, 0.25) is 0 Å². The van der Waals surface area contributed by atoms with Crippen molar-refractivity contribution < 1.29 is 42.3 Å². The zero-order valence-corrected chi connectivity index (χ0v) is 18.1. The van der Waals surface area contributed by atoms with Gasteiger partial charge < -0.3 is 5.43 Å². The van der Waals surface area contributed by atoms with Crippen LogP contribution in [0.15, 0.2) is 47.6 Å². The van der Waals surface area contributed by atoms with Crippen LogP contribution in [0.25, 0.3) is 0 Å². The number of hydrazone groups is 1. The standard InChI is InChI=1S/C21H20N3O2.Y/c1-14-6-8-15(9-7-14)22-23-16-10-12-17(13-11-16)24-20(25)18-4-2-3-5-19(18)21(24)26;/h2-6,8-9,17,22H,10-13H2,1H3;/q-1;. The molecule has 27 heavy (non-hydrogen) atoms. The molecule has 2 aromatic carbocycles. The van der Waals surface area contributed by atoms with Crippen LogP contribution < -0.4 is 5.43 Å². The van der Waals surface area contributed by atoms with Crippen LogP contribution >= 0.6 is 0 Å². The van der Waals surface area contributed by atoms with Crippen LogP contribution in [0, 0.1) is 13.0 Å². The molecule has 0 saturated heterocycles. The third kappa shape index (κ3) is 4.04. The van der Waals surface area contributed by atoms with E-state index in [1.165, 1.54) is 4.90 Å². The Hall–Kier alpha value is -1.85. The van der Waals surface area contributed by atoms with E-state index in [-0.39, 0.29) is 50.6 Å². The van der Waals surface area contributed by atoms with Gasteiger partial charge in [-0.25, -0.2) is 0 Å². The van der Waals surface area contributed by atoms with Gasteiger partial charge in [-0.05, 0) is 37.8 Å². The first-order valence-electron chi connectivity index (χ1n) is 8.90. The van der Waals surface area contributed by atoms with Crippen LogP contribution in [0.4, 0.5) is 5.69 Å². The van der Waals surface area contributed by atoms with Crippen LogP contribution in [-0.2, 0) is 32.7 Å². The van der Waals surface area contributed by atoms with E-state index in [2.05, 4.69) is 16.6 Å². The Balaban J connectivity index is 0.00000210. The van der Waals surface area contributed by atoms with Crippen LogP contribution in [0.5, 0.6) is 0 Å². The second-order valence-electron chi connectivity index (χ2n) is 6.81. The monoisotopic (exact) mass is 435 g/mol. The minimum absolute atomic E-state index is 0. The van der Waals surface area contributed by atoms with Gasteiger partial charge in [-0.15, -0.1) is 6.07 Å². The molecule has 1 aliphatic carbocycles. The molecule has 2 aromatic rings. The number of anilines is 1. The number of aryl methyl sites for hydroxylation is 1. The normalized spacial score (nSPS) is 18.8. The summed E-state index contributed by atoms with van der Waals surface area (Å²) in [4.78, 5) is 26.6. The topological polar surface area (TPSA) is 61.8 Å². The number of rotatable bonds is 3. The van der Waals surface area contributed by atoms with Crippen molar-refractivity contribution in [1.29, 1.82) is 0 Å². The van der Waals surface area contributed by atoms with Gasteiger partial charge in [0.1, 0.15) is 0 Å². The summed E-state index contributed by atoms with van der Waals surface area (Å²) >= 11 is 0. The molecule has 1 aliphatic heterocycles. The zero-order chi connectivity index (χ0) is 18.1. The Kier molecular flexibility index (Phi) is 6.23. The molecule has 1 N–H and O–H groups in total. The van der Waals surface area contributed by atoms with Gasteiger partial charge in [0.25, 0.3) is 11.8 Å². The number of carbonyl (C=O) groups is 2. The SMILES string of the molecule is Cc1[c-]cc(NN=C2CCC(N3C(=O)c4ccccc4C3=O)CC2)cc1.[Y]. The maximum absolute atomic E-state index is 12.6. The molecule has 6 heteroatoms. The van der Waals surface area contributed by atoms with Crippen molar-refractivity contribution in [2.45, 2.75) is 38.6 Å². The van der Waals surface area contributed by atoms with Crippen molar-refractivity contribution in [1.82, 2.24) is 4.90 Å². The van der Waals surface area contributed by atoms with E-state index in [0.29, 0.717) is 11.1 Å². The molecular weight excluding hydrogens is 415 g/mol. The van der Waals surface area contributed by atoms with E-state index >= 15 is 0 Å². The predicted molar refractivity (Wildman–Crippen MR) is 100 cm³/mol. The van der Waals surface area contributed by atoms with Crippen molar-refractivity contribution in [3.63, 3.8) is 0 Å². The summed E-state index contributed by atoms with van der Waals surface area (Å²) in [7, 11) is 0. The maximum Gasteiger partial charge on any atom is 0.261 e. The summed E-state index contributed by atoms with van der Waals surface area (Å²) in [5, 5.41) is 4.48. The van der Waals surface area contributed by atoms with Crippen LogP contribution in [-0.4, -0.2) is 28.5 Å². The molecule has 1 heterocycles. The van der Waals surface area contributed by atoms with Gasteiger partial charge in [-0.3, -0.25) is 14.5 Å². The Labute approximate surface area is 184 Å². The number of hydrogen-bond donors (Lipinski definition) is 1. The third-order valence-corrected chi connectivity index (χ3v) is 5.03. The van der Waals surface area contributed by atoms with Crippen molar-refractivity contribution >= 4 is 23.2 Å². The van der Waals surface area contributed by atoms with Crippen molar-refractivity contribution in [2.24, 2.45) is 5.10 Å². The quantitative estimate of drug-likeness (QED) is 0.453. The summed E-state index contributed by atoms with van der Waals surface area (Å²) in [6.07, 6.45) is 3.07. The second-order valence-corrected chi connectivity index (χ2v) is 6.81. The van der Waals surface area contributed by atoms with Crippen molar-refractivity contribution in [3.8, 4) is 0 Å². The fraction of sp³-hybridized carbons (Fsp3) is 0.286. The van der Waals surface area contributed by atoms with Gasteiger partial charge in [0.05, 0.1) is 11.1 Å². The number of carbonyl (C=O) groups excluding carboxylic acids is 2.